The lowest BCUT2D eigenvalue weighted by Gasteiger charge is -2.10. The summed E-state index contributed by atoms with van der Waals surface area (Å²) in [5.74, 6) is 6.20. The van der Waals surface area contributed by atoms with Crippen LogP contribution in [-0.2, 0) is 9.47 Å². The summed E-state index contributed by atoms with van der Waals surface area (Å²) in [6, 6.07) is 0. The van der Waals surface area contributed by atoms with Crippen molar-refractivity contribution in [1.82, 2.24) is 0 Å². The van der Waals surface area contributed by atoms with Crippen LogP contribution in [-0.4, -0.2) is 19.4 Å². The fourth-order valence-electron chi connectivity index (χ4n) is 2.03. The molecule has 0 aliphatic rings. The van der Waals surface area contributed by atoms with Gasteiger partial charge in [-0.3, -0.25) is 0 Å². The van der Waals surface area contributed by atoms with Crippen molar-refractivity contribution in [2.45, 2.75) is 84.7 Å². The Bertz CT molecular complexity index is 370. The second-order valence-electron chi connectivity index (χ2n) is 5.76. The van der Waals surface area contributed by atoms with Gasteiger partial charge in [-0.25, -0.2) is 4.79 Å². The van der Waals surface area contributed by atoms with E-state index in [1.807, 2.05) is 0 Å². The molecular formula is C19H32O3. The van der Waals surface area contributed by atoms with E-state index < -0.39 is 6.16 Å². The molecule has 0 aromatic heterocycles. The molecule has 3 heteroatoms. The van der Waals surface area contributed by atoms with Crippen molar-refractivity contribution in [3.8, 4) is 11.8 Å². The molecule has 0 aliphatic carbocycles. The summed E-state index contributed by atoms with van der Waals surface area (Å²) in [6.07, 6.45) is 11.1. The van der Waals surface area contributed by atoms with Gasteiger partial charge < -0.3 is 9.47 Å². The Balaban J connectivity index is 4.08. The van der Waals surface area contributed by atoms with Gasteiger partial charge in [-0.15, -0.1) is 0 Å². The van der Waals surface area contributed by atoms with Gasteiger partial charge in [-0.05, 0) is 33.1 Å². The van der Waals surface area contributed by atoms with Crippen LogP contribution in [0.4, 0.5) is 4.79 Å². The Morgan fingerprint density at radius 1 is 1.14 bits per heavy atom. The van der Waals surface area contributed by atoms with Gasteiger partial charge in [0, 0.05) is 6.42 Å². The van der Waals surface area contributed by atoms with Crippen molar-refractivity contribution >= 4 is 6.16 Å². The van der Waals surface area contributed by atoms with Crippen molar-refractivity contribution in [2.24, 2.45) is 0 Å². The average molecular weight is 308 g/mol. The summed E-state index contributed by atoms with van der Waals surface area (Å²) in [5.41, 5.74) is 1.26. The van der Waals surface area contributed by atoms with Gasteiger partial charge in [0.15, 0.2) is 6.10 Å². The summed E-state index contributed by atoms with van der Waals surface area (Å²) in [7, 11) is 1.32. The first-order valence-corrected chi connectivity index (χ1v) is 8.46. The molecule has 3 nitrogen and oxygen atoms in total. The highest BCUT2D eigenvalue weighted by atomic mass is 16.7. The highest BCUT2D eigenvalue weighted by molar-refractivity contribution is 5.60. The van der Waals surface area contributed by atoms with Crippen molar-refractivity contribution in [3.05, 3.63) is 11.6 Å². The Hall–Kier alpha value is -1.43. The first-order valence-electron chi connectivity index (χ1n) is 8.46. The smallest absolute Gasteiger partial charge is 0.438 e. The topological polar surface area (TPSA) is 35.5 Å². The summed E-state index contributed by atoms with van der Waals surface area (Å²) >= 11 is 0. The number of carbonyl (C=O) groups is 1. The highest BCUT2D eigenvalue weighted by Gasteiger charge is 2.10. The Morgan fingerprint density at radius 2 is 1.82 bits per heavy atom. The Labute approximate surface area is 136 Å². The van der Waals surface area contributed by atoms with Gasteiger partial charge in [0.2, 0.25) is 0 Å². The molecule has 22 heavy (non-hydrogen) atoms. The molecular weight excluding hydrogens is 276 g/mol. The van der Waals surface area contributed by atoms with E-state index in [1.54, 1.807) is 0 Å². The largest absolute Gasteiger partial charge is 0.509 e. The number of carbonyl (C=O) groups excluding carboxylic acids is 1. The Kier molecular flexibility index (Phi) is 13.6. The standard InChI is InChI=1S/C19H32O3/c1-5-6-7-8-9-10-11-12-15-18(22-19(20)21-4)16-13-14-17(2)3/h14,18H,5-11,13,16H2,1-4H3. The van der Waals surface area contributed by atoms with E-state index in [9.17, 15) is 4.79 Å². The third kappa shape index (κ3) is 13.5. The third-order valence-corrected chi connectivity index (χ3v) is 3.30. The van der Waals surface area contributed by atoms with Gasteiger partial charge in [0.25, 0.3) is 0 Å². The first-order chi connectivity index (χ1) is 10.6. The number of hydrogen-bond acceptors (Lipinski definition) is 3. The van der Waals surface area contributed by atoms with Crippen LogP contribution in [0.1, 0.15) is 78.6 Å². The lowest BCUT2D eigenvalue weighted by atomic mass is 10.1. The van der Waals surface area contributed by atoms with Crippen LogP contribution >= 0.6 is 0 Å². The maximum Gasteiger partial charge on any atom is 0.509 e. The van der Waals surface area contributed by atoms with Crippen LogP contribution in [0, 0.1) is 11.8 Å². The second-order valence-corrected chi connectivity index (χ2v) is 5.76. The molecule has 0 saturated heterocycles. The number of allylic oxidation sites excluding steroid dienone is 2. The average Bonchev–Trinajstić information content (AvgIpc) is 2.49. The number of hydrogen-bond donors (Lipinski definition) is 0. The predicted octanol–water partition coefficient (Wildman–Crippen LogP) is 5.64. The predicted molar refractivity (Wildman–Crippen MR) is 91.7 cm³/mol. The fraction of sp³-hybridized carbons (Fsp3) is 0.737. The van der Waals surface area contributed by atoms with Crippen LogP contribution in [0.3, 0.4) is 0 Å². The highest BCUT2D eigenvalue weighted by Crippen LogP contribution is 2.08. The minimum Gasteiger partial charge on any atom is -0.438 e. The molecule has 0 aromatic carbocycles. The molecule has 1 unspecified atom stereocenters. The van der Waals surface area contributed by atoms with Crippen LogP contribution in [0.15, 0.2) is 11.6 Å². The third-order valence-electron chi connectivity index (χ3n) is 3.30. The normalized spacial score (nSPS) is 11.1. The summed E-state index contributed by atoms with van der Waals surface area (Å²) in [4.78, 5) is 11.2. The number of ether oxygens (including phenoxy) is 2. The zero-order valence-electron chi connectivity index (χ0n) is 14.7. The molecule has 1 atom stereocenters. The first kappa shape index (κ1) is 20.6. The molecule has 0 amide bonds. The quantitative estimate of drug-likeness (QED) is 0.227. The molecule has 0 aromatic rings. The van der Waals surface area contributed by atoms with Gasteiger partial charge in [-0.2, -0.15) is 0 Å². The minimum absolute atomic E-state index is 0.372. The van der Waals surface area contributed by atoms with E-state index in [4.69, 9.17) is 4.74 Å². The van der Waals surface area contributed by atoms with E-state index in [2.05, 4.69) is 43.4 Å². The van der Waals surface area contributed by atoms with Crippen molar-refractivity contribution in [1.29, 1.82) is 0 Å². The minimum atomic E-state index is -0.656. The zero-order chi connectivity index (χ0) is 16.6. The van der Waals surface area contributed by atoms with E-state index in [-0.39, 0.29) is 6.10 Å². The van der Waals surface area contributed by atoms with Gasteiger partial charge in [0.1, 0.15) is 0 Å². The van der Waals surface area contributed by atoms with Crippen LogP contribution in [0.5, 0.6) is 0 Å². The molecule has 0 heterocycles. The molecule has 126 valence electrons. The van der Waals surface area contributed by atoms with Gasteiger partial charge in [-0.1, -0.05) is 62.5 Å². The molecule has 0 N–H and O–H groups in total. The molecule has 0 radical (unpaired) electrons. The number of methoxy groups -OCH3 is 1. The van der Waals surface area contributed by atoms with E-state index in [1.165, 1.54) is 44.8 Å². The number of unbranched alkanes of at least 4 members (excludes halogenated alkanes) is 6. The van der Waals surface area contributed by atoms with Crippen LogP contribution in [0.2, 0.25) is 0 Å². The monoisotopic (exact) mass is 308 g/mol. The SMILES string of the molecule is CCCCCCCCC#CC(CCC=C(C)C)OC(=O)OC. The van der Waals surface area contributed by atoms with Crippen molar-refractivity contribution in [2.75, 3.05) is 7.11 Å². The molecule has 0 bridgehead atoms. The van der Waals surface area contributed by atoms with Crippen LogP contribution < -0.4 is 0 Å². The van der Waals surface area contributed by atoms with Crippen LogP contribution in [0.25, 0.3) is 0 Å². The second kappa shape index (κ2) is 14.5. The zero-order valence-corrected chi connectivity index (χ0v) is 14.7. The Morgan fingerprint density at radius 3 is 2.45 bits per heavy atom. The fourth-order valence-corrected chi connectivity index (χ4v) is 2.03. The van der Waals surface area contributed by atoms with E-state index >= 15 is 0 Å². The summed E-state index contributed by atoms with van der Waals surface area (Å²) in [5, 5.41) is 0. The molecule has 0 saturated carbocycles. The molecule has 0 aliphatic heterocycles. The molecule has 0 spiro atoms. The lowest BCUT2D eigenvalue weighted by molar-refractivity contribution is 0.0531. The van der Waals surface area contributed by atoms with Gasteiger partial charge >= 0.3 is 6.16 Å². The summed E-state index contributed by atoms with van der Waals surface area (Å²) < 4.78 is 9.72. The van der Waals surface area contributed by atoms with E-state index in [0.29, 0.717) is 6.42 Å². The van der Waals surface area contributed by atoms with Gasteiger partial charge in [0.05, 0.1) is 7.11 Å². The lowest BCUT2D eigenvalue weighted by Crippen LogP contribution is -2.16. The maximum absolute atomic E-state index is 11.2. The van der Waals surface area contributed by atoms with E-state index in [0.717, 1.165) is 19.3 Å². The molecule has 0 fully saturated rings. The number of rotatable bonds is 10. The van der Waals surface area contributed by atoms with Crippen molar-refractivity contribution in [3.63, 3.8) is 0 Å². The molecule has 0 rings (SSSR count). The summed E-state index contributed by atoms with van der Waals surface area (Å²) in [6.45, 7) is 6.34. The maximum atomic E-state index is 11.2. The van der Waals surface area contributed by atoms with Crippen molar-refractivity contribution < 1.29 is 14.3 Å².